The minimum Gasteiger partial charge on any atom is -0.776 e. The van der Waals surface area contributed by atoms with Crippen LogP contribution in [0, 0.1) is 0 Å². The van der Waals surface area contributed by atoms with E-state index in [2.05, 4.69) is 9.72 Å². The predicted molar refractivity (Wildman–Crippen MR) is 61.6 cm³/mol. The molecule has 0 fully saturated rings. The molecule has 17 heavy (non-hydrogen) atoms. The Bertz CT molecular complexity index is 466. The van der Waals surface area contributed by atoms with Crippen molar-refractivity contribution >= 4 is 29.2 Å². The zero-order valence-electron chi connectivity index (χ0n) is 9.32. The maximum Gasteiger partial charge on any atom is 0.362 e. The molecule has 2 atom stereocenters. The lowest BCUT2D eigenvalue weighted by molar-refractivity contribution is -0.197. The van der Waals surface area contributed by atoms with Crippen molar-refractivity contribution in [3.63, 3.8) is 0 Å². The molecule has 9 heteroatoms. The summed E-state index contributed by atoms with van der Waals surface area (Å²) in [6.45, 7) is 3.85. The van der Waals surface area contributed by atoms with Gasteiger partial charge < -0.3 is 24.8 Å². The van der Waals surface area contributed by atoms with Crippen LogP contribution in [0.15, 0.2) is 5.38 Å². The number of anilines is 1. The van der Waals surface area contributed by atoms with Crippen LogP contribution in [-0.2, 0) is 9.30 Å². The molecule has 1 rings (SSSR count). The van der Waals surface area contributed by atoms with E-state index in [1.807, 2.05) is 13.8 Å². The summed E-state index contributed by atoms with van der Waals surface area (Å²) in [4.78, 5) is 34.1. The third-order valence-electron chi connectivity index (χ3n) is 1.79. The Labute approximate surface area is 101 Å². The molecule has 96 valence electrons. The van der Waals surface area contributed by atoms with Crippen LogP contribution in [0.5, 0.6) is 0 Å². The lowest BCUT2D eigenvalue weighted by Crippen LogP contribution is -2.12. The first-order chi connectivity index (χ1) is 7.70. The summed E-state index contributed by atoms with van der Waals surface area (Å²) >= 11 is 0. The van der Waals surface area contributed by atoms with Crippen molar-refractivity contribution in [3.8, 4) is 0 Å². The first-order valence-corrected chi connectivity index (χ1v) is 7.80. The van der Waals surface area contributed by atoms with E-state index in [1.54, 1.807) is 5.38 Å². The zero-order valence-corrected chi connectivity index (χ0v) is 11.0. The van der Waals surface area contributed by atoms with Gasteiger partial charge in [0.2, 0.25) is 5.69 Å². The van der Waals surface area contributed by atoms with E-state index < -0.39 is 30.4 Å². The van der Waals surface area contributed by atoms with E-state index in [9.17, 15) is 14.3 Å². The molecule has 0 amide bonds. The Hall–Kier alpha value is -0.950. The van der Waals surface area contributed by atoms with Gasteiger partial charge in [-0.1, -0.05) is 0 Å². The smallest absolute Gasteiger partial charge is 0.362 e. The van der Waals surface area contributed by atoms with Gasteiger partial charge in [0.1, 0.15) is 5.25 Å². The number of hydrogen-bond acceptors (Lipinski definition) is 6. The summed E-state index contributed by atoms with van der Waals surface area (Å²) in [6.07, 6.45) is -1.06. The number of nitrogens with zero attached hydrogens (tertiary/aromatic N) is 1. The van der Waals surface area contributed by atoms with E-state index in [4.69, 9.17) is 10.6 Å². The fourth-order valence-electron chi connectivity index (χ4n) is 1.06. The van der Waals surface area contributed by atoms with Gasteiger partial charge in [0.15, 0.2) is 19.3 Å². The largest absolute Gasteiger partial charge is 0.776 e. The highest BCUT2D eigenvalue weighted by atomic mass is 32.2. The molecule has 0 radical (unpaired) electrons. The third kappa shape index (κ3) is 4.08. The highest BCUT2D eigenvalue weighted by molar-refractivity contribution is 7.50. The Morgan fingerprint density at radius 3 is 2.76 bits per heavy atom. The van der Waals surface area contributed by atoms with Gasteiger partial charge in [0.05, 0.1) is 0 Å². The quantitative estimate of drug-likeness (QED) is 0.471. The number of thiazole rings is 1. The zero-order chi connectivity index (χ0) is 13.2. The standard InChI is InChI=1S/C8H13N2O5PS/c1-5(2)17-3-6(10-8(17)9)7(11)15-4-16(12,13)14/h3,5H,4H2,1-2H3,(H3-,9,10,12,13,14). The minimum atomic E-state index is -4.61. The number of nitrogen functional groups attached to an aromatic ring is 1. The number of aromatic nitrogens is 1. The number of carbonyl (C=O) groups excluding carboxylic acids is 1. The summed E-state index contributed by atoms with van der Waals surface area (Å²) in [6, 6.07) is 0. The lowest BCUT2D eigenvalue weighted by atomic mass is 10.5. The van der Waals surface area contributed by atoms with E-state index >= 15 is 0 Å². The molecule has 0 aliphatic carbocycles. The lowest BCUT2D eigenvalue weighted by Gasteiger charge is -2.14. The van der Waals surface area contributed by atoms with Gasteiger partial charge in [-0.25, -0.2) is 4.79 Å². The molecule has 3 N–H and O–H groups in total. The Morgan fingerprint density at radius 2 is 2.35 bits per heavy atom. The van der Waals surface area contributed by atoms with Crippen LogP contribution in [-0.4, -0.2) is 22.2 Å². The number of hydrogen-bond donors (Lipinski definition) is 2. The molecule has 1 aromatic rings. The second-order valence-corrected chi connectivity index (χ2v) is 7.45. The Kier molecular flexibility index (Phi) is 4.26. The van der Waals surface area contributed by atoms with Crippen LogP contribution >= 0.6 is 18.1 Å². The van der Waals surface area contributed by atoms with Gasteiger partial charge in [-0.2, -0.15) is 4.98 Å². The highest BCUT2D eigenvalue weighted by Crippen LogP contribution is 2.37. The van der Waals surface area contributed by atoms with Gasteiger partial charge in [0.25, 0.3) is 0 Å². The second kappa shape index (κ2) is 5.14. The second-order valence-electron chi connectivity index (χ2n) is 3.57. The van der Waals surface area contributed by atoms with Crippen molar-refractivity contribution in [2.24, 2.45) is 0 Å². The summed E-state index contributed by atoms with van der Waals surface area (Å²) < 4.78 is 14.8. The van der Waals surface area contributed by atoms with Gasteiger partial charge in [0, 0.05) is 10.5 Å². The molecular weight excluding hydrogens is 267 g/mol. The average molecular weight is 280 g/mol. The molecule has 0 spiro atoms. The first-order valence-electron chi connectivity index (χ1n) is 4.68. The molecule has 0 aromatic carbocycles. The summed E-state index contributed by atoms with van der Waals surface area (Å²) in [5.74, 6) is -0.909. The van der Waals surface area contributed by atoms with Crippen LogP contribution in [0.4, 0.5) is 5.13 Å². The van der Waals surface area contributed by atoms with Crippen molar-refractivity contribution in [1.29, 1.82) is 0 Å². The minimum absolute atomic E-state index is 0.0204. The number of ether oxygens (including phenoxy) is 1. The molecule has 7 nitrogen and oxygen atoms in total. The van der Waals surface area contributed by atoms with Crippen molar-refractivity contribution in [3.05, 3.63) is 11.1 Å². The highest BCUT2D eigenvalue weighted by Gasteiger charge is 2.25. The first kappa shape index (κ1) is 14.1. The molecule has 0 aliphatic rings. The SMILES string of the molecule is CC(C)[s+]1cc(C(=O)OCP(=O)([O-])O)nc1N. The van der Waals surface area contributed by atoms with Gasteiger partial charge in [-0.05, 0) is 13.8 Å². The van der Waals surface area contributed by atoms with Crippen molar-refractivity contribution in [2.75, 3.05) is 12.1 Å². The molecule has 1 aromatic heterocycles. The molecule has 1 heterocycles. The van der Waals surface area contributed by atoms with E-state index in [0.29, 0.717) is 5.13 Å². The van der Waals surface area contributed by atoms with Crippen LogP contribution < -0.4 is 10.6 Å². The van der Waals surface area contributed by atoms with E-state index in [1.165, 1.54) is 0 Å². The monoisotopic (exact) mass is 280 g/mol. The third-order valence-corrected chi connectivity index (χ3v) is 4.31. The summed E-state index contributed by atoms with van der Waals surface area (Å²) in [7, 11) is -5.05. The topological polar surface area (TPSA) is 126 Å². The average Bonchev–Trinajstić information content (AvgIpc) is 2.55. The van der Waals surface area contributed by atoms with Crippen molar-refractivity contribution in [2.45, 2.75) is 19.1 Å². The van der Waals surface area contributed by atoms with Gasteiger partial charge in [-0.3, -0.25) is 0 Å². The van der Waals surface area contributed by atoms with Crippen molar-refractivity contribution in [1.82, 2.24) is 4.98 Å². The fourth-order valence-corrected chi connectivity index (χ4v) is 2.81. The maximum absolute atomic E-state index is 11.4. The maximum atomic E-state index is 11.4. The molecular formula is C8H13N2O5PS. The normalized spacial score (nSPS) is 15.7. The molecule has 2 unspecified atom stereocenters. The summed E-state index contributed by atoms with van der Waals surface area (Å²) in [5.41, 5.74) is 5.61. The van der Waals surface area contributed by atoms with Crippen LogP contribution in [0.3, 0.4) is 0 Å². The number of rotatable bonds is 4. The molecule has 0 bridgehead atoms. The van der Waals surface area contributed by atoms with Crippen LogP contribution in [0.1, 0.15) is 29.6 Å². The van der Waals surface area contributed by atoms with Crippen LogP contribution in [0.2, 0.25) is 0 Å². The number of esters is 1. The van der Waals surface area contributed by atoms with E-state index in [0.717, 1.165) is 0 Å². The molecule has 0 saturated heterocycles. The van der Waals surface area contributed by atoms with Crippen LogP contribution in [0.25, 0.3) is 0 Å². The number of nitrogens with two attached hydrogens (primary N) is 1. The van der Waals surface area contributed by atoms with Gasteiger partial charge >= 0.3 is 11.1 Å². The van der Waals surface area contributed by atoms with Crippen molar-refractivity contribution < 1.29 is 23.9 Å². The fraction of sp³-hybridized carbons (Fsp3) is 0.500. The number of carbonyl (C=O) groups is 1. The molecule has 0 aliphatic heterocycles. The predicted octanol–water partition coefficient (Wildman–Crippen LogP) is 0.654. The van der Waals surface area contributed by atoms with E-state index in [-0.39, 0.29) is 10.9 Å². The molecule has 0 saturated carbocycles. The van der Waals surface area contributed by atoms with Gasteiger partial charge in [-0.15, -0.1) is 0 Å². The summed E-state index contributed by atoms with van der Waals surface area (Å²) in [5, 5.41) is 2.07. The Balaban J connectivity index is 2.77. The Morgan fingerprint density at radius 1 is 1.76 bits per heavy atom.